The highest BCUT2D eigenvalue weighted by molar-refractivity contribution is 5.67. The Balaban J connectivity index is 1.74. The summed E-state index contributed by atoms with van der Waals surface area (Å²) in [4.78, 5) is 12.4. The molecule has 0 bridgehead atoms. The number of hydrogen-bond donors (Lipinski definition) is 2. The second kappa shape index (κ2) is 6.79. The van der Waals surface area contributed by atoms with Crippen LogP contribution in [0.15, 0.2) is 55.0 Å². The van der Waals surface area contributed by atoms with Gasteiger partial charge in [0.05, 0.1) is 11.9 Å². The summed E-state index contributed by atoms with van der Waals surface area (Å²) in [6, 6.07) is 11.8. The van der Waals surface area contributed by atoms with E-state index in [4.69, 9.17) is 4.98 Å². The van der Waals surface area contributed by atoms with Crippen LogP contribution < -0.4 is 5.32 Å². The molecule has 7 nitrogen and oxygen atoms in total. The molecule has 2 N–H and O–H groups in total. The van der Waals surface area contributed by atoms with Gasteiger partial charge in [-0.2, -0.15) is 9.61 Å². The van der Waals surface area contributed by atoms with Crippen molar-refractivity contribution in [1.29, 1.82) is 0 Å². The van der Waals surface area contributed by atoms with Crippen molar-refractivity contribution < 1.29 is 5.11 Å². The summed E-state index contributed by atoms with van der Waals surface area (Å²) in [6.07, 6.45) is 5.89. The summed E-state index contributed by atoms with van der Waals surface area (Å²) < 4.78 is 1.81. The molecule has 0 aliphatic carbocycles. The van der Waals surface area contributed by atoms with Crippen LogP contribution in [-0.4, -0.2) is 29.7 Å². The highest BCUT2D eigenvalue weighted by Crippen LogP contribution is 2.24. The van der Waals surface area contributed by atoms with Crippen molar-refractivity contribution in [3.63, 3.8) is 0 Å². The van der Waals surface area contributed by atoms with E-state index in [0.29, 0.717) is 6.54 Å². The van der Waals surface area contributed by atoms with Gasteiger partial charge in [-0.25, -0.2) is 15.0 Å². The molecule has 0 atom stereocenters. The Bertz CT molecular complexity index is 1030. The second-order valence-corrected chi connectivity index (χ2v) is 5.90. The van der Waals surface area contributed by atoms with Crippen molar-refractivity contribution in [1.82, 2.24) is 24.6 Å². The molecule has 1 aromatic carbocycles. The van der Waals surface area contributed by atoms with Gasteiger partial charge in [0.25, 0.3) is 0 Å². The molecule has 0 aliphatic rings. The third kappa shape index (κ3) is 3.06. The van der Waals surface area contributed by atoms with Gasteiger partial charge in [-0.1, -0.05) is 37.3 Å². The van der Waals surface area contributed by atoms with Crippen LogP contribution in [0.25, 0.3) is 16.9 Å². The van der Waals surface area contributed by atoms with E-state index in [1.165, 1.54) is 0 Å². The van der Waals surface area contributed by atoms with Gasteiger partial charge >= 0.3 is 6.01 Å². The highest BCUT2D eigenvalue weighted by Gasteiger charge is 2.12. The number of nitrogens with zero attached hydrogens (tertiary/aromatic N) is 5. The van der Waals surface area contributed by atoms with E-state index in [1.807, 2.05) is 47.1 Å². The standard InChI is InChI=1S/C19H18N6O/c1-2-14-12-23-25-17(20-9-13-10-21-19(26)22-11-13)8-16(24-18(14)25)15-6-4-3-5-7-15/h3-8,10-12,20H,2,9H2,1H3,(H,21,22,26). The average molecular weight is 346 g/mol. The quantitative estimate of drug-likeness (QED) is 0.577. The molecule has 4 aromatic rings. The Morgan fingerprint density at radius 3 is 2.58 bits per heavy atom. The number of nitrogens with one attached hydrogen (secondary N) is 1. The zero-order valence-electron chi connectivity index (χ0n) is 14.3. The number of benzene rings is 1. The van der Waals surface area contributed by atoms with Crippen LogP contribution in [0.5, 0.6) is 6.01 Å². The van der Waals surface area contributed by atoms with Crippen LogP contribution in [0.4, 0.5) is 5.82 Å². The third-order valence-electron chi connectivity index (χ3n) is 4.16. The number of hydrogen-bond acceptors (Lipinski definition) is 6. The lowest BCUT2D eigenvalue weighted by molar-refractivity contribution is 0.429. The lowest BCUT2D eigenvalue weighted by Gasteiger charge is -2.11. The smallest absolute Gasteiger partial charge is 0.313 e. The molecule has 0 saturated heterocycles. The number of aryl methyl sites for hydroxylation is 1. The molecule has 7 heteroatoms. The van der Waals surface area contributed by atoms with E-state index >= 15 is 0 Å². The maximum Gasteiger partial charge on any atom is 0.313 e. The van der Waals surface area contributed by atoms with Crippen LogP contribution >= 0.6 is 0 Å². The summed E-state index contributed by atoms with van der Waals surface area (Å²) in [7, 11) is 0. The van der Waals surface area contributed by atoms with Crippen LogP contribution in [0, 0.1) is 0 Å². The summed E-state index contributed by atoms with van der Waals surface area (Å²) in [5.41, 5.74) is 4.74. The normalized spacial score (nSPS) is 11.0. The van der Waals surface area contributed by atoms with E-state index in [2.05, 4.69) is 27.3 Å². The van der Waals surface area contributed by atoms with E-state index in [-0.39, 0.29) is 6.01 Å². The Kier molecular flexibility index (Phi) is 4.18. The molecule has 130 valence electrons. The first kappa shape index (κ1) is 16.0. The Labute approximate surface area is 150 Å². The molecule has 0 saturated carbocycles. The highest BCUT2D eigenvalue weighted by atomic mass is 16.3. The zero-order chi connectivity index (χ0) is 17.9. The Hall–Kier alpha value is -3.48. The first-order valence-corrected chi connectivity index (χ1v) is 8.41. The molecule has 4 rings (SSSR count). The van der Waals surface area contributed by atoms with Gasteiger partial charge in [0.1, 0.15) is 5.82 Å². The molecular formula is C19H18N6O. The van der Waals surface area contributed by atoms with Crippen molar-refractivity contribution in [2.45, 2.75) is 19.9 Å². The van der Waals surface area contributed by atoms with Gasteiger partial charge in [0.15, 0.2) is 5.65 Å². The minimum absolute atomic E-state index is 0.230. The van der Waals surface area contributed by atoms with Gasteiger partial charge in [0, 0.05) is 41.7 Å². The summed E-state index contributed by atoms with van der Waals surface area (Å²) in [5, 5.41) is 17.1. The van der Waals surface area contributed by atoms with Crippen molar-refractivity contribution in [3.05, 3.63) is 66.1 Å². The molecule has 0 unspecified atom stereocenters. The predicted molar refractivity (Wildman–Crippen MR) is 98.8 cm³/mol. The zero-order valence-corrected chi connectivity index (χ0v) is 14.3. The van der Waals surface area contributed by atoms with Crippen LogP contribution in [-0.2, 0) is 13.0 Å². The molecular weight excluding hydrogens is 328 g/mol. The van der Waals surface area contributed by atoms with Crippen molar-refractivity contribution >= 4 is 11.5 Å². The third-order valence-corrected chi connectivity index (χ3v) is 4.16. The molecule has 3 aromatic heterocycles. The van der Waals surface area contributed by atoms with Gasteiger partial charge in [0.2, 0.25) is 0 Å². The van der Waals surface area contributed by atoms with Crippen molar-refractivity contribution in [3.8, 4) is 17.3 Å². The molecule has 0 aliphatic heterocycles. The summed E-state index contributed by atoms with van der Waals surface area (Å²) in [6.45, 7) is 2.60. The topological polar surface area (TPSA) is 88.2 Å². The summed E-state index contributed by atoms with van der Waals surface area (Å²) >= 11 is 0. The van der Waals surface area contributed by atoms with Crippen LogP contribution in [0.2, 0.25) is 0 Å². The second-order valence-electron chi connectivity index (χ2n) is 5.90. The molecule has 0 amide bonds. The maximum absolute atomic E-state index is 9.21. The minimum atomic E-state index is -0.230. The van der Waals surface area contributed by atoms with Crippen molar-refractivity contribution in [2.24, 2.45) is 0 Å². The van der Waals surface area contributed by atoms with Crippen molar-refractivity contribution in [2.75, 3.05) is 5.32 Å². The fourth-order valence-corrected chi connectivity index (χ4v) is 2.77. The van der Waals surface area contributed by atoms with Crippen LogP contribution in [0.3, 0.4) is 0 Å². The largest absolute Gasteiger partial charge is 0.479 e. The number of fused-ring (bicyclic) bond motifs is 1. The first-order chi connectivity index (χ1) is 12.7. The van der Waals surface area contributed by atoms with Gasteiger partial charge < -0.3 is 10.4 Å². The van der Waals surface area contributed by atoms with E-state index in [9.17, 15) is 5.11 Å². The van der Waals surface area contributed by atoms with E-state index in [1.54, 1.807) is 12.4 Å². The monoisotopic (exact) mass is 346 g/mol. The number of aromatic hydroxyl groups is 1. The number of anilines is 1. The molecule has 26 heavy (non-hydrogen) atoms. The van der Waals surface area contributed by atoms with Gasteiger partial charge in [-0.3, -0.25) is 0 Å². The van der Waals surface area contributed by atoms with Gasteiger partial charge in [-0.05, 0) is 6.42 Å². The molecule has 3 heterocycles. The Morgan fingerprint density at radius 2 is 1.85 bits per heavy atom. The SMILES string of the molecule is CCc1cnn2c(NCc3cnc(O)nc3)cc(-c3ccccc3)nc12. The number of rotatable bonds is 5. The Morgan fingerprint density at radius 1 is 1.08 bits per heavy atom. The van der Waals surface area contributed by atoms with E-state index in [0.717, 1.165) is 40.3 Å². The van der Waals surface area contributed by atoms with Gasteiger partial charge in [-0.15, -0.1) is 0 Å². The molecule has 0 spiro atoms. The molecule has 0 fully saturated rings. The molecule has 0 radical (unpaired) electrons. The lowest BCUT2D eigenvalue weighted by atomic mass is 10.1. The first-order valence-electron chi connectivity index (χ1n) is 8.41. The minimum Gasteiger partial charge on any atom is -0.479 e. The maximum atomic E-state index is 9.21. The predicted octanol–water partition coefficient (Wildman–Crippen LogP) is 3.07. The average Bonchev–Trinajstić information content (AvgIpc) is 3.11. The van der Waals surface area contributed by atoms with Crippen LogP contribution in [0.1, 0.15) is 18.1 Å². The number of aromatic nitrogens is 5. The fourth-order valence-electron chi connectivity index (χ4n) is 2.77. The summed E-state index contributed by atoms with van der Waals surface area (Å²) in [5.74, 6) is 0.835. The lowest BCUT2D eigenvalue weighted by Crippen LogP contribution is -2.07. The van der Waals surface area contributed by atoms with E-state index < -0.39 is 0 Å². The fraction of sp³-hybridized carbons (Fsp3) is 0.158.